The van der Waals surface area contributed by atoms with Crippen LogP contribution < -0.4 is 0 Å². The van der Waals surface area contributed by atoms with E-state index in [9.17, 15) is 19.8 Å². The Morgan fingerprint density at radius 1 is 1.21 bits per heavy atom. The van der Waals surface area contributed by atoms with Gasteiger partial charge < -0.3 is 15.3 Å². The van der Waals surface area contributed by atoms with E-state index in [0.29, 0.717) is 25.7 Å². The summed E-state index contributed by atoms with van der Waals surface area (Å²) in [5.74, 6) is -0.306. The number of hydrogen-bond acceptors (Lipinski definition) is 4. The maximum absolute atomic E-state index is 12.3. The van der Waals surface area contributed by atoms with Gasteiger partial charge in [-0.05, 0) is 56.3 Å². The molecule has 0 radical (unpaired) electrons. The predicted octanol–water partition coefficient (Wildman–Crippen LogP) is 4.03. The number of carboxylic acid groups (broad SMARTS) is 1. The summed E-state index contributed by atoms with van der Waals surface area (Å²) in [6, 6.07) is 0. The minimum atomic E-state index is -0.791. The molecule has 3 rings (SSSR count). The quantitative estimate of drug-likeness (QED) is 0.337. The number of unbranched alkanes of at least 4 members (excludes halogenated alkanes) is 1. The van der Waals surface area contributed by atoms with Crippen LogP contribution in [0.15, 0.2) is 24.3 Å². The van der Waals surface area contributed by atoms with E-state index in [0.717, 1.165) is 25.2 Å². The third-order valence-corrected chi connectivity index (χ3v) is 7.22. The Morgan fingerprint density at radius 2 is 1.97 bits per heavy atom. The van der Waals surface area contributed by atoms with Crippen molar-refractivity contribution in [3.05, 3.63) is 24.3 Å². The normalized spacial score (nSPS) is 30.1. The number of aliphatic hydroxyl groups is 2. The third-order valence-electron chi connectivity index (χ3n) is 7.22. The van der Waals surface area contributed by atoms with Gasteiger partial charge in [0, 0.05) is 24.7 Å². The number of carbonyl (C=O) groups is 2. The van der Waals surface area contributed by atoms with E-state index >= 15 is 0 Å². The van der Waals surface area contributed by atoms with E-state index in [4.69, 9.17) is 5.11 Å². The summed E-state index contributed by atoms with van der Waals surface area (Å²) in [5, 5.41) is 29.8. The van der Waals surface area contributed by atoms with E-state index in [1.165, 1.54) is 19.3 Å². The summed E-state index contributed by atoms with van der Waals surface area (Å²) in [4.78, 5) is 22.8. The van der Waals surface area contributed by atoms with Gasteiger partial charge in [0.15, 0.2) is 0 Å². The minimum absolute atomic E-state index is 0.0899. The Labute approximate surface area is 173 Å². The van der Waals surface area contributed by atoms with Crippen LogP contribution in [0, 0.1) is 23.2 Å². The van der Waals surface area contributed by atoms with Crippen LogP contribution in [0.5, 0.6) is 0 Å². The Balaban J connectivity index is 1.48. The first-order valence-corrected chi connectivity index (χ1v) is 11.3. The summed E-state index contributed by atoms with van der Waals surface area (Å²) in [6.07, 6.45) is 16.9. The fourth-order valence-corrected chi connectivity index (χ4v) is 5.07. The van der Waals surface area contributed by atoms with Crippen LogP contribution in [0.3, 0.4) is 0 Å². The first-order valence-electron chi connectivity index (χ1n) is 11.3. The molecule has 0 aromatic heterocycles. The number of aliphatic carboxylic acids is 1. The van der Waals surface area contributed by atoms with Gasteiger partial charge in [0.2, 0.25) is 0 Å². The van der Waals surface area contributed by atoms with Crippen LogP contribution in [-0.4, -0.2) is 39.3 Å². The average Bonchev–Trinajstić information content (AvgIpc) is 3.41. The number of Topliss-reactive ketones (excluding diaryl/α,β-unsaturated/α-hetero) is 1. The number of aliphatic hydroxyl groups excluding tert-OH is 2. The summed E-state index contributed by atoms with van der Waals surface area (Å²) in [6.45, 7) is 0. The van der Waals surface area contributed by atoms with Gasteiger partial charge in [0.1, 0.15) is 5.78 Å². The highest BCUT2D eigenvalue weighted by atomic mass is 16.4. The zero-order valence-corrected chi connectivity index (χ0v) is 17.3. The Bertz CT molecular complexity index is 629. The number of carboxylic acids is 1. The van der Waals surface area contributed by atoms with Crippen molar-refractivity contribution in [3.63, 3.8) is 0 Å². The average molecular weight is 405 g/mol. The van der Waals surface area contributed by atoms with Gasteiger partial charge in [-0.25, -0.2) is 0 Å². The second-order valence-electron chi connectivity index (χ2n) is 9.46. The Kier molecular flexibility index (Phi) is 7.69. The molecule has 3 aliphatic carbocycles. The molecule has 3 fully saturated rings. The lowest BCUT2D eigenvalue weighted by atomic mass is 9.61. The lowest BCUT2D eigenvalue weighted by Gasteiger charge is -2.46. The van der Waals surface area contributed by atoms with Gasteiger partial charge in [-0.2, -0.15) is 0 Å². The molecule has 0 bridgehead atoms. The van der Waals surface area contributed by atoms with Crippen LogP contribution >= 0.6 is 0 Å². The topological polar surface area (TPSA) is 94.8 Å². The Morgan fingerprint density at radius 3 is 2.59 bits per heavy atom. The summed E-state index contributed by atoms with van der Waals surface area (Å²) < 4.78 is 0. The van der Waals surface area contributed by atoms with E-state index in [1.54, 1.807) is 0 Å². The molecule has 0 aliphatic heterocycles. The van der Waals surface area contributed by atoms with Crippen molar-refractivity contribution < 1.29 is 24.9 Å². The van der Waals surface area contributed by atoms with Gasteiger partial charge in [-0.15, -0.1) is 0 Å². The highest BCUT2D eigenvalue weighted by Gasteiger charge is 2.46. The van der Waals surface area contributed by atoms with Gasteiger partial charge in [-0.1, -0.05) is 43.6 Å². The van der Waals surface area contributed by atoms with Gasteiger partial charge in [-0.3, -0.25) is 9.59 Å². The first-order chi connectivity index (χ1) is 13.9. The lowest BCUT2D eigenvalue weighted by Crippen LogP contribution is -2.41. The molecule has 0 heterocycles. The molecule has 162 valence electrons. The van der Waals surface area contributed by atoms with E-state index in [-0.39, 0.29) is 42.0 Å². The molecular weight excluding hydrogens is 368 g/mol. The molecule has 5 heteroatoms. The van der Waals surface area contributed by atoms with Gasteiger partial charge in [0.25, 0.3) is 0 Å². The second kappa shape index (κ2) is 10.0. The highest BCUT2D eigenvalue weighted by molar-refractivity contribution is 5.84. The molecule has 29 heavy (non-hydrogen) atoms. The maximum Gasteiger partial charge on any atom is 0.303 e. The predicted molar refractivity (Wildman–Crippen MR) is 111 cm³/mol. The zero-order valence-electron chi connectivity index (χ0n) is 17.3. The van der Waals surface area contributed by atoms with Crippen LogP contribution in [0.1, 0.15) is 77.0 Å². The number of rotatable bonds is 12. The minimum Gasteiger partial charge on any atom is -0.481 e. The van der Waals surface area contributed by atoms with Crippen LogP contribution in [0.4, 0.5) is 0 Å². The monoisotopic (exact) mass is 404 g/mol. The zero-order chi connectivity index (χ0) is 20.9. The standard InChI is InChI=1S/C24H36O5/c25-20-15-21(26)19(18(20)7-3-1-2-4-10-23(28)29)8-5-9-22(27)24(13-6-14-24)16-17-11-12-17/h1,3,5,8,17-19,21-22,26-27H,2,4,6-7,9-16H2,(H,28,29)/b3-1+,8-5+. The van der Waals surface area contributed by atoms with Crippen molar-refractivity contribution in [3.8, 4) is 0 Å². The van der Waals surface area contributed by atoms with E-state index < -0.39 is 12.1 Å². The van der Waals surface area contributed by atoms with Crippen molar-refractivity contribution in [2.75, 3.05) is 0 Å². The molecule has 3 saturated carbocycles. The number of hydrogen-bond donors (Lipinski definition) is 3. The molecule has 5 nitrogen and oxygen atoms in total. The molecule has 0 saturated heterocycles. The fraction of sp³-hybridized carbons (Fsp3) is 0.750. The summed E-state index contributed by atoms with van der Waals surface area (Å²) >= 11 is 0. The molecule has 0 aromatic carbocycles. The number of allylic oxidation sites excluding steroid dienone is 2. The molecular formula is C24H36O5. The van der Waals surface area contributed by atoms with Gasteiger partial charge in [0.05, 0.1) is 12.2 Å². The molecule has 3 N–H and O–H groups in total. The molecule has 0 spiro atoms. The number of ketones is 1. The molecule has 3 aliphatic rings. The molecule has 4 atom stereocenters. The third kappa shape index (κ3) is 6.02. The summed E-state index contributed by atoms with van der Waals surface area (Å²) in [5.41, 5.74) is 0.105. The van der Waals surface area contributed by atoms with Crippen molar-refractivity contribution in [2.24, 2.45) is 23.2 Å². The Hall–Kier alpha value is -1.46. The molecule has 4 unspecified atom stereocenters. The first kappa shape index (κ1) is 22.2. The molecule has 0 aromatic rings. The van der Waals surface area contributed by atoms with Crippen LogP contribution in [0.25, 0.3) is 0 Å². The second-order valence-corrected chi connectivity index (χ2v) is 9.46. The lowest BCUT2D eigenvalue weighted by molar-refractivity contribution is -0.137. The van der Waals surface area contributed by atoms with E-state index in [1.807, 2.05) is 24.3 Å². The van der Waals surface area contributed by atoms with E-state index in [2.05, 4.69) is 0 Å². The SMILES string of the molecule is O=C(O)CCC/C=C/CC1C(=O)CC(O)C1/C=C/CC(O)C1(CC2CC2)CCC1. The number of carbonyl (C=O) groups excluding carboxylic acids is 1. The maximum atomic E-state index is 12.3. The van der Waals surface area contributed by atoms with Crippen molar-refractivity contribution in [2.45, 2.75) is 89.3 Å². The highest BCUT2D eigenvalue weighted by Crippen LogP contribution is 2.53. The summed E-state index contributed by atoms with van der Waals surface area (Å²) in [7, 11) is 0. The van der Waals surface area contributed by atoms with Crippen molar-refractivity contribution in [1.29, 1.82) is 0 Å². The largest absolute Gasteiger partial charge is 0.481 e. The fourth-order valence-electron chi connectivity index (χ4n) is 5.07. The van der Waals surface area contributed by atoms with Crippen LogP contribution in [0.2, 0.25) is 0 Å². The van der Waals surface area contributed by atoms with Crippen molar-refractivity contribution >= 4 is 11.8 Å². The van der Waals surface area contributed by atoms with Crippen molar-refractivity contribution in [1.82, 2.24) is 0 Å². The van der Waals surface area contributed by atoms with Gasteiger partial charge >= 0.3 is 5.97 Å². The molecule has 0 amide bonds. The smallest absolute Gasteiger partial charge is 0.303 e. The van der Waals surface area contributed by atoms with Crippen LogP contribution in [-0.2, 0) is 9.59 Å².